The van der Waals surface area contributed by atoms with Crippen molar-refractivity contribution in [3.8, 4) is 61.6 Å². The molecule has 19 aromatic rings. The Hall–Kier alpha value is -12.8. The smallest absolute Gasteiger partial charge is 0.164 e. The molecule has 0 saturated heterocycles. The summed E-state index contributed by atoms with van der Waals surface area (Å²) >= 11 is 0. The van der Waals surface area contributed by atoms with Gasteiger partial charge in [0.1, 0.15) is 17.1 Å². The topological polar surface area (TPSA) is 52.6 Å². The number of fused-ring (bicyclic) bond motifs is 30. The molecule has 8 heteroatoms. The van der Waals surface area contributed by atoms with Gasteiger partial charge in [0.2, 0.25) is 0 Å². The molecule has 0 bridgehead atoms. The highest BCUT2D eigenvalue weighted by Gasteiger charge is 2.51. The van der Waals surface area contributed by atoms with E-state index in [2.05, 4.69) is 332 Å². The average Bonchev–Trinajstić information content (AvgIpc) is 1.51. The molecule has 8 nitrogen and oxygen atoms in total. The fourth-order valence-corrected chi connectivity index (χ4v) is 19.4. The average molecular weight is 1260 g/mol. The largest absolute Gasteiger partial charge is 0.317 e. The van der Waals surface area contributed by atoms with E-state index in [1.807, 2.05) is 0 Å². The van der Waals surface area contributed by atoms with Crippen LogP contribution < -0.4 is 4.90 Å². The maximum atomic E-state index is 5.92. The van der Waals surface area contributed by atoms with Crippen molar-refractivity contribution in [2.45, 2.75) is 30.7 Å². The molecule has 0 radical (unpaired) electrons. The minimum Gasteiger partial charge on any atom is -0.317 e. The van der Waals surface area contributed by atoms with Crippen molar-refractivity contribution >= 4 is 127 Å². The fourth-order valence-electron chi connectivity index (χ4n) is 19.4. The number of nitrogens with zero attached hydrogens (tertiary/aromatic N) is 8. The van der Waals surface area contributed by atoms with Crippen LogP contribution in [0.1, 0.15) is 47.4 Å². The number of aromatic nitrogens is 7. The molecule has 3 unspecified atom stereocenters. The summed E-state index contributed by atoms with van der Waals surface area (Å²) in [6, 6.07) is 97.4. The normalized spacial score (nSPS) is 17.0. The summed E-state index contributed by atoms with van der Waals surface area (Å²) in [4.78, 5) is 14.2. The molecule has 7 aromatic heterocycles. The summed E-state index contributed by atoms with van der Waals surface area (Å²) in [5, 5.41) is 9.63. The Labute approximate surface area is 567 Å². The van der Waals surface area contributed by atoms with Crippen LogP contribution in [-0.4, -0.2) is 38.0 Å². The number of pyridine rings is 2. The first-order valence-electron chi connectivity index (χ1n) is 34.6. The molecule has 0 N–H and O–H groups in total. The molecular formula is C91H56N8. The van der Waals surface area contributed by atoms with Gasteiger partial charge in [0.05, 0.1) is 77.3 Å². The van der Waals surface area contributed by atoms with Crippen molar-refractivity contribution in [2.24, 2.45) is 0 Å². The molecule has 0 amide bonds. The van der Waals surface area contributed by atoms with Gasteiger partial charge < -0.3 is 14.0 Å². The van der Waals surface area contributed by atoms with Crippen LogP contribution in [0.5, 0.6) is 0 Å². The lowest BCUT2D eigenvalue weighted by Crippen LogP contribution is -2.42. The van der Waals surface area contributed by atoms with Gasteiger partial charge in [-0.05, 0) is 153 Å². The van der Waals surface area contributed by atoms with Crippen LogP contribution in [0, 0.1) is 0 Å². The van der Waals surface area contributed by atoms with Gasteiger partial charge in [-0.2, -0.15) is 0 Å². The van der Waals surface area contributed by atoms with Crippen LogP contribution in [-0.2, 0) is 0 Å². The molecule has 0 fully saturated rings. The summed E-state index contributed by atoms with van der Waals surface area (Å²) in [7, 11) is 0. The number of anilines is 2. The van der Waals surface area contributed by atoms with Gasteiger partial charge in [-0.15, -0.1) is 0 Å². The predicted octanol–water partition coefficient (Wildman–Crippen LogP) is 22.7. The van der Waals surface area contributed by atoms with Gasteiger partial charge in [-0.3, -0.25) is 13.4 Å². The molecule has 4 aliphatic carbocycles. The molecular weight excluding hydrogens is 1210 g/mol. The van der Waals surface area contributed by atoms with E-state index in [0.717, 1.165) is 112 Å². The summed E-state index contributed by atoms with van der Waals surface area (Å²) < 4.78 is 12.7. The number of para-hydroxylation sites is 6. The Morgan fingerprint density at radius 1 is 0.404 bits per heavy atom. The first kappa shape index (κ1) is 52.5. The van der Waals surface area contributed by atoms with Crippen molar-refractivity contribution in [2.75, 3.05) is 4.90 Å². The highest BCUT2D eigenvalue weighted by Crippen LogP contribution is 2.60. The van der Waals surface area contributed by atoms with E-state index in [1.54, 1.807) is 0 Å². The maximum absolute atomic E-state index is 5.92. The van der Waals surface area contributed by atoms with Gasteiger partial charge in [0.15, 0.2) is 5.65 Å². The van der Waals surface area contributed by atoms with Gasteiger partial charge >= 0.3 is 0 Å². The molecule has 1 aliphatic heterocycles. The van der Waals surface area contributed by atoms with Crippen molar-refractivity contribution in [1.29, 1.82) is 0 Å². The lowest BCUT2D eigenvalue weighted by atomic mass is 9.79. The van der Waals surface area contributed by atoms with E-state index in [9.17, 15) is 0 Å². The van der Waals surface area contributed by atoms with Gasteiger partial charge in [-0.25, -0.2) is 9.97 Å². The number of allylic oxidation sites excluding steroid dienone is 3. The second kappa shape index (κ2) is 18.6. The van der Waals surface area contributed by atoms with Gasteiger partial charge in [0.25, 0.3) is 0 Å². The molecule has 0 saturated carbocycles. The van der Waals surface area contributed by atoms with Crippen LogP contribution in [0.25, 0.3) is 177 Å². The number of hydrogen-bond acceptors (Lipinski definition) is 3. The summed E-state index contributed by atoms with van der Waals surface area (Å²) in [6.45, 7) is 2.43. The molecule has 99 heavy (non-hydrogen) atoms. The monoisotopic (exact) mass is 1260 g/mol. The van der Waals surface area contributed by atoms with Crippen molar-refractivity contribution in [3.63, 3.8) is 0 Å². The third-order valence-electron chi connectivity index (χ3n) is 23.3. The van der Waals surface area contributed by atoms with Crippen LogP contribution in [0.3, 0.4) is 0 Å². The molecule has 12 aromatic carbocycles. The maximum Gasteiger partial charge on any atom is 0.164 e. The van der Waals surface area contributed by atoms with E-state index in [0.29, 0.717) is 5.92 Å². The third-order valence-corrected chi connectivity index (χ3v) is 23.3. The Balaban J connectivity index is 0.780. The van der Waals surface area contributed by atoms with Crippen LogP contribution in [0.4, 0.5) is 11.5 Å². The van der Waals surface area contributed by atoms with Gasteiger partial charge in [0, 0.05) is 61.3 Å². The van der Waals surface area contributed by atoms with E-state index in [4.69, 9.17) is 9.97 Å². The van der Waals surface area contributed by atoms with Crippen molar-refractivity contribution in [3.05, 3.63) is 313 Å². The highest BCUT2D eigenvalue weighted by atomic mass is 15.3. The molecule has 3 atom stereocenters. The van der Waals surface area contributed by atoms with Crippen LogP contribution in [0.2, 0.25) is 0 Å². The Morgan fingerprint density at radius 3 is 1.85 bits per heavy atom. The molecule has 0 spiro atoms. The lowest BCUT2D eigenvalue weighted by Gasteiger charge is -2.39. The number of hydrogen-bond donors (Lipinski definition) is 0. The van der Waals surface area contributed by atoms with E-state index in [-0.39, 0.29) is 5.92 Å². The second-order valence-corrected chi connectivity index (χ2v) is 28.0. The lowest BCUT2D eigenvalue weighted by molar-refractivity contribution is 0.542. The molecule has 8 heterocycles. The second-order valence-electron chi connectivity index (χ2n) is 28.0. The Kier molecular flexibility index (Phi) is 9.87. The highest BCUT2D eigenvalue weighted by molar-refractivity contribution is 6.31. The van der Waals surface area contributed by atoms with Gasteiger partial charge in [-0.1, -0.05) is 218 Å². The SMILES string of the molecule is CC12C=CC=CC1c1c(n3c4cc(-c5cccc(-n6c7ccccc7c7c8c(c9ccccc9n8-c8ccc9c%10c(cccc8%10)-c8ccccc8-9)c8nc9ccccc9n8c76)c5)ccc4nc3c3c1c1ccccc1n3-c1ccc3c4c1C=CCC4c1ccccc1-3)N2c1ccccc1. The number of imidazole rings is 2. The standard InChI is InChI=1S/C91H56N8/c1-91-49-18-17-37-69(91)84-81-66-30-9-14-40-73(66)96(76-48-45-63-59-29-8-6-27-57(59)61-34-21-36-65(76)80(61)63)86(81)88-93-71-46-43-53(51-78(71)98(88)90(84)99(91)54-23-3-2-4-24-54)52-22-19-25-55(50-52)94-72-39-13-11-32-68(72)83-85-82(87-92-70-38-12-16-42-77(70)97(87)89(83)94)67-31-10-15-41-74(67)95(85)75-47-44-62-58-28-7-5-26-56(58)60-33-20-35-64(75)79(60)62/h2-33,35-51,61,69H,34H2,1H3. The fraction of sp³-hybridized carbons (Fsp3) is 0.0549. The molecule has 24 rings (SSSR count). The van der Waals surface area contributed by atoms with E-state index < -0.39 is 5.54 Å². The summed E-state index contributed by atoms with van der Waals surface area (Å²) in [5.74, 6) is 1.45. The summed E-state index contributed by atoms with van der Waals surface area (Å²) in [5.41, 5.74) is 32.1. The first-order valence-corrected chi connectivity index (χ1v) is 34.6. The molecule has 460 valence electrons. The minimum atomic E-state index is -0.455. The van der Waals surface area contributed by atoms with Crippen LogP contribution in [0.15, 0.2) is 291 Å². The zero-order valence-electron chi connectivity index (χ0n) is 53.7. The first-order chi connectivity index (χ1) is 49.1. The van der Waals surface area contributed by atoms with E-state index in [1.165, 1.54) is 99.2 Å². The zero-order chi connectivity index (χ0) is 64.3. The molecule has 5 aliphatic rings. The van der Waals surface area contributed by atoms with E-state index >= 15 is 0 Å². The summed E-state index contributed by atoms with van der Waals surface area (Å²) in [6.07, 6.45) is 15.2. The predicted molar refractivity (Wildman–Crippen MR) is 408 cm³/mol. The Bertz CT molecular complexity index is 7030. The number of rotatable bonds is 5. The van der Waals surface area contributed by atoms with Crippen LogP contribution >= 0.6 is 0 Å². The number of benzene rings is 12. The minimum absolute atomic E-state index is 0.00657. The van der Waals surface area contributed by atoms with Crippen molar-refractivity contribution < 1.29 is 0 Å². The quantitative estimate of drug-likeness (QED) is 0.173. The third kappa shape index (κ3) is 6.46. The Morgan fingerprint density at radius 2 is 1.02 bits per heavy atom. The van der Waals surface area contributed by atoms with Crippen molar-refractivity contribution in [1.82, 2.24) is 32.5 Å². The zero-order valence-corrected chi connectivity index (χ0v) is 53.7.